The summed E-state index contributed by atoms with van der Waals surface area (Å²) in [5.41, 5.74) is 3.52. The number of amides is 1. The second-order valence-corrected chi connectivity index (χ2v) is 9.09. The molecule has 1 aliphatic heterocycles. The first kappa shape index (κ1) is 22.1. The molecule has 4 rings (SSSR count). The minimum absolute atomic E-state index is 0.0110. The van der Waals surface area contributed by atoms with Crippen LogP contribution < -0.4 is 4.74 Å². The van der Waals surface area contributed by atoms with Crippen molar-refractivity contribution in [1.82, 2.24) is 9.88 Å². The van der Waals surface area contributed by atoms with Crippen molar-refractivity contribution >= 4 is 22.6 Å². The highest BCUT2D eigenvalue weighted by molar-refractivity contribution is 5.99. The van der Waals surface area contributed by atoms with E-state index >= 15 is 0 Å². The number of Topliss-reactive ketones (excluding diaryl/α,β-unsaturated/α-hetero) is 1. The highest BCUT2D eigenvalue weighted by atomic mass is 16.5. The van der Waals surface area contributed by atoms with Gasteiger partial charge in [-0.05, 0) is 55.9 Å². The number of ketones is 1. The number of ether oxygens (including phenoxy) is 1. The molecule has 1 aromatic heterocycles. The Bertz CT molecular complexity index is 1090. The number of aromatic nitrogens is 1. The third-order valence-corrected chi connectivity index (χ3v) is 6.17. The van der Waals surface area contributed by atoms with E-state index in [4.69, 9.17) is 4.74 Å². The van der Waals surface area contributed by atoms with E-state index in [-0.39, 0.29) is 17.6 Å². The van der Waals surface area contributed by atoms with Gasteiger partial charge in [0.1, 0.15) is 11.4 Å². The lowest BCUT2D eigenvalue weighted by atomic mass is 9.88. The number of piperidine rings is 1. The van der Waals surface area contributed by atoms with E-state index in [2.05, 4.69) is 31.0 Å². The van der Waals surface area contributed by atoms with Crippen LogP contribution in [0.1, 0.15) is 60.0 Å². The summed E-state index contributed by atoms with van der Waals surface area (Å²) in [5.74, 6) is 1.55. The zero-order valence-corrected chi connectivity index (χ0v) is 19.2. The molecule has 32 heavy (non-hydrogen) atoms. The summed E-state index contributed by atoms with van der Waals surface area (Å²) in [6.45, 7) is 8.14. The van der Waals surface area contributed by atoms with E-state index in [1.807, 2.05) is 48.2 Å². The van der Waals surface area contributed by atoms with Gasteiger partial charge in [0.2, 0.25) is 0 Å². The molecular formula is C27H32N2O3. The normalized spacial score (nSPS) is 14.8. The first-order chi connectivity index (χ1) is 15.4. The molecule has 5 heteroatoms. The molecule has 1 N–H and O–H groups in total. The summed E-state index contributed by atoms with van der Waals surface area (Å²) in [7, 11) is 0. The highest BCUT2D eigenvalue weighted by Crippen LogP contribution is 2.26. The maximum absolute atomic E-state index is 13.0. The van der Waals surface area contributed by atoms with Gasteiger partial charge in [-0.2, -0.15) is 0 Å². The van der Waals surface area contributed by atoms with Crippen LogP contribution in [0, 0.1) is 11.8 Å². The number of carbonyl (C=O) groups is 2. The van der Waals surface area contributed by atoms with Crippen LogP contribution in [0.3, 0.4) is 0 Å². The van der Waals surface area contributed by atoms with Crippen LogP contribution in [0.4, 0.5) is 0 Å². The average molecular weight is 433 g/mol. The Morgan fingerprint density at radius 1 is 1.06 bits per heavy atom. The minimum atomic E-state index is -0.0218. The van der Waals surface area contributed by atoms with Gasteiger partial charge in [-0.25, -0.2) is 0 Å². The molecule has 1 aliphatic rings. The fourth-order valence-corrected chi connectivity index (χ4v) is 4.51. The van der Waals surface area contributed by atoms with Crippen molar-refractivity contribution in [3.8, 4) is 5.75 Å². The first-order valence-corrected chi connectivity index (χ1v) is 11.6. The quantitative estimate of drug-likeness (QED) is 0.502. The molecule has 168 valence electrons. The Morgan fingerprint density at radius 3 is 2.44 bits per heavy atom. The van der Waals surface area contributed by atoms with Gasteiger partial charge >= 0.3 is 0 Å². The van der Waals surface area contributed by atoms with E-state index in [1.54, 1.807) is 0 Å². The summed E-state index contributed by atoms with van der Waals surface area (Å²) >= 11 is 0. The van der Waals surface area contributed by atoms with Crippen LogP contribution >= 0.6 is 0 Å². The maximum atomic E-state index is 13.0. The number of H-pyrrole nitrogens is 1. The summed E-state index contributed by atoms with van der Waals surface area (Å²) in [5, 5.41) is 0.989. The highest BCUT2D eigenvalue weighted by Gasteiger charge is 2.29. The second-order valence-electron chi connectivity index (χ2n) is 9.09. The molecule has 1 fully saturated rings. The number of rotatable bonds is 7. The van der Waals surface area contributed by atoms with Gasteiger partial charge < -0.3 is 14.6 Å². The molecule has 0 aliphatic carbocycles. The van der Waals surface area contributed by atoms with Gasteiger partial charge in [0, 0.05) is 41.5 Å². The van der Waals surface area contributed by atoms with Crippen molar-refractivity contribution < 1.29 is 14.3 Å². The number of likely N-dealkylation sites (tertiary alicyclic amines) is 1. The first-order valence-electron chi connectivity index (χ1n) is 11.6. The van der Waals surface area contributed by atoms with Crippen LogP contribution in [0.5, 0.6) is 5.75 Å². The molecule has 0 spiro atoms. The number of hydrogen-bond acceptors (Lipinski definition) is 3. The van der Waals surface area contributed by atoms with Gasteiger partial charge in [-0.15, -0.1) is 0 Å². The van der Waals surface area contributed by atoms with Crippen LogP contribution in [0.2, 0.25) is 0 Å². The molecule has 0 saturated carbocycles. The number of carbonyl (C=O) groups excluding carboxylic acids is 2. The topological polar surface area (TPSA) is 62.4 Å². The molecule has 3 aromatic rings. The number of hydrogen-bond donors (Lipinski definition) is 1. The Morgan fingerprint density at radius 2 is 1.78 bits per heavy atom. The molecular weight excluding hydrogens is 400 g/mol. The number of fused-ring (bicyclic) bond motifs is 1. The van der Waals surface area contributed by atoms with E-state index in [9.17, 15) is 9.59 Å². The number of benzene rings is 2. The van der Waals surface area contributed by atoms with Crippen LogP contribution in [-0.4, -0.2) is 41.3 Å². The second kappa shape index (κ2) is 9.60. The summed E-state index contributed by atoms with van der Waals surface area (Å²) in [6, 6.07) is 15.7. The van der Waals surface area contributed by atoms with Crippen LogP contribution in [0.25, 0.3) is 10.9 Å². The van der Waals surface area contributed by atoms with Gasteiger partial charge in [-0.1, -0.05) is 38.1 Å². The minimum Gasteiger partial charge on any atom is -0.494 e. The lowest BCUT2D eigenvalue weighted by Gasteiger charge is -2.31. The van der Waals surface area contributed by atoms with Crippen molar-refractivity contribution in [3.05, 3.63) is 65.4 Å². The predicted octanol–water partition coefficient (Wildman–Crippen LogP) is 5.50. The van der Waals surface area contributed by atoms with E-state index in [0.717, 1.165) is 28.6 Å². The van der Waals surface area contributed by atoms with Crippen molar-refractivity contribution in [2.45, 2.75) is 40.0 Å². The van der Waals surface area contributed by atoms with Crippen molar-refractivity contribution in [2.24, 2.45) is 11.8 Å². The Hall–Kier alpha value is -3.08. The van der Waals surface area contributed by atoms with E-state index in [1.165, 1.54) is 5.56 Å². The van der Waals surface area contributed by atoms with Crippen molar-refractivity contribution in [1.29, 1.82) is 0 Å². The predicted molar refractivity (Wildman–Crippen MR) is 127 cm³/mol. The molecule has 1 saturated heterocycles. The van der Waals surface area contributed by atoms with Crippen LogP contribution in [0.15, 0.2) is 48.5 Å². The largest absolute Gasteiger partial charge is 0.494 e. The summed E-state index contributed by atoms with van der Waals surface area (Å²) in [6.07, 6.45) is 2.43. The lowest BCUT2D eigenvalue weighted by molar-refractivity contribution is 0.0646. The van der Waals surface area contributed by atoms with E-state index < -0.39 is 0 Å². The zero-order valence-electron chi connectivity index (χ0n) is 19.2. The third kappa shape index (κ3) is 4.87. The van der Waals surface area contributed by atoms with Gasteiger partial charge in [0.25, 0.3) is 5.91 Å². The van der Waals surface area contributed by atoms with Crippen LogP contribution in [-0.2, 0) is 6.42 Å². The summed E-state index contributed by atoms with van der Waals surface area (Å²) in [4.78, 5) is 31.1. The molecule has 0 unspecified atom stereocenters. The standard InChI is InChI=1S/C27H32N2O3/c1-4-32-23-10-9-22-16-25(28-24(22)17-23)27(31)29-13-11-21(12-14-29)26(30)20-7-5-19(6-8-20)15-18(2)3/h5-10,16-18,21,28H,4,11-15H2,1-3H3. The monoisotopic (exact) mass is 432 g/mol. The fraction of sp³-hybridized carbons (Fsp3) is 0.407. The fourth-order valence-electron chi connectivity index (χ4n) is 4.51. The molecule has 5 nitrogen and oxygen atoms in total. The number of nitrogens with zero attached hydrogens (tertiary/aromatic N) is 1. The number of nitrogens with one attached hydrogen (secondary N) is 1. The lowest BCUT2D eigenvalue weighted by Crippen LogP contribution is -2.40. The SMILES string of the molecule is CCOc1ccc2cc(C(=O)N3CCC(C(=O)c4ccc(CC(C)C)cc4)CC3)[nH]c2c1. The molecule has 2 aromatic carbocycles. The number of aromatic amines is 1. The molecule has 0 bridgehead atoms. The van der Waals surface area contributed by atoms with Crippen molar-refractivity contribution in [2.75, 3.05) is 19.7 Å². The summed E-state index contributed by atoms with van der Waals surface area (Å²) < 4.78 is 5.55. The van der Waals surface area contributed by atoms with Crippen molar-refractivity contribution in [3.63, 3.8) is 0 Å². The Balaban J connectivity index is 1.37. The third-order valence-electron chi connectivity index (χ3n) is 6.17. The average Bonchev–Trinajstić information content (AvgIpc) is 3.22. The molecule has 1 amide bonds. The zero-order chi connectivity index (χ0) is 22.7. The van der Waals surface area contributed by atoms with Gasteiger partial charge in [-0.3, -0.25) is 9.59 Å². The Kier molecular flexibility index (Phi) is 6.63. The Labute approximate surface area is 189 Å². The van der Waals surface area contributed by atoms with Gasteiger partial charge in [0.15, 0.2) is 5.78 Å². The molecule has 0 atom stereocenters. The molecule has 0 radical (unpaired) electrons. The van der Waals surface area contributed by atoms with Gasteiger partial charge in [0.05, 0.1) is 6.61 Å². The maximum Gasteiger partial charge on any atom is 0.270 e. The van der Waals surface area contributed by atoms with E-state index in [0.29, 0.717) is 44.1 Å². The smallest absolute Gasteiger partial charge is 0.270 e. The molecule has 2 heterocycles.